The molecule has 0 heterocycles. The van der Waals surface area contributed by atoms with E-state index in [-0.39, 0.29) is 0 Å². The molecule has 0 amide bonds. The second-order valence-electron chi connectivity index (χ2n) is 2.17. The predicted octanol–water partition coefficient (Wildman–Crippen LogP) is 0.401. The number of carbonyl (C=O) groups is 1. The maximum Gasteiger partial charge on any atom is 0.320 e. The standard InChI is InChI=1S/C5H13NO3P2/c1-11(9)10-3-2-4(6)5(7)8/h4,9-10H,2-3,6H2,1H3,(H,7,8). The SMILES string of the molecule is CP(O)PCCC(N)C(=O)O. The van der Waals surface area contributed by atoms with Crippen LogP contribution in [-0.2, 0) is 4.79 Å². The lowest BCUT2D eigenvalue weighted by Gasteiger charge is -2.06. The van der Waals surface area contributed by atoms with E-state index in [2.05, 4.69) is 0 Å². The Morgan fingerprint density at radius 1 is 1.82 bits per heavy atom. The van der Waals surface area contributed by atoms with Gasteiger partial charge in [0.15, 0.2) is 0 Å². The Morgan fingerprint density at radius 2 is 2.36 bits per heavy atom. The van der Waals surface area contributed by atoms with Gasteiger partial charge in [-0.1, -0.05) is 8.27 Å². The highest BCUT2D eigenvalue weighted by atomic mass is 32.1. The molecule has 0 aromatic rings. The van der Waals surface area contributed by atoms with Crippen LogP contribution >= 0.6 is 16.1 Å². The van der Waals surface area contributed by atoms with E-state index in [0.29, 0.717) is 20.9 Å². The van der Waals surface area contributed by atoms with Crippen LogP contribution < -0.4 is 5.73 Å². The van der Waals surface area contributed by atoms with Gasteiger partial charge in [0, 0.05) is 7.84 Å². The van der Waals surface area contributed by atoms with E-state index in [1.165, 1.54) is 0 Å². The first kappa shape index (κ1) is 11.2. The van der Waals surface area contributed by atoms with E-state index in [9.17, 15) is 4.79 Å². The van der Waals surface area contributed by atoms with Gasteiger partial charge in [0.05, 0.1) is 0 Å². The molecular weight excluding hydrogens is 184 g/mol. The summed E-state index contributed by atoms with van der Waals surface area (Å²) in [6.07, 6.45) is 1.17. The Balaban J connectivity index is 3.31. The van der Waals surface area contributed by atoms with E-state index in [4.69, 9.17) is 15.7 Å². The van der Waals surface area contributed by atoms with Crippen molar-refractivity contribution in [2.24, 2.45) is 5.73 Å². The molecule has 0 rings (SSSR count). The Morgan fingerprint density at radius 3 is 2.73 bits per heavy atom. The third-order valence-corrected chi connectivity index (χ3v) is 4.13. The molecule has 0 aromatic carbocycles. The Labute approximate surface area is 68.7 Å². The van der Waals surface area contributed by atoms with Crippen LogP contribution in [-0.4, -0.2) is 34.8 Å². The second kappa shape index (κ2) is 5.84. The van der Waals surface area contributed by atoms with Crippen LogP contribution in [0.4, 0.5) is 0 Å². The molecule has 0 fully saturated rings. The maximum atomic E-state index is 10.2. The van der Waals surface area contributed by atoms with E-state index >= 15 is 0 Å². The molecule has 0 saturated heterocycles. The lowest BCUT2D eigenvalue weighted by atomic mass is 10.2. The molecule has 0 saturated carbocycles. The number of hydrogen-bond donors (Lipinski definition) is 3. The summed E-state index contributed by atoms with van der Waals surface area (Å²) < 4.78 is 0. The van der Waals surface area contributed by atoms with Gasteiger partial charge in [-0.05, 0) is 19.2 Å². The topological polar surface area (TPSA) is 83.5 Å². The van der Waals surface area contributed by atoms with Crippen molar-refractivity contribution in [3.8, 4) is 0 Å². The summed E-state index contributed by atoms with van der Waals surface area (Å²) in [6, 6.07) is -0.766. The minimum Gasteiger partial charge on any atom is -0.480 e. The van der Waals surface area contributed by atoms with Crippen LogP contribution in [0.3, 0.4) is 0 Å². The molecule has 4 nitrogen and oxygen atoms in total. The monoisotopic (exact) mass is 197 g/mol. The van der Waals surface area contributed by atoms with Gasteiger partial charge in [0.25, 0.3) is 0 Å². The average Bonchev–Trinajstić information content (AvgIpc) is 1.86. The van der Waals surface area contributed by atoms with Gasteiger partial charge in [-0.2, -0.15) is 0 Å². The van der Waals surface area contributed by atoms with E-state index in [1.54, 1.807) is 6.66 Å². The summed E-state index contributed by atoms with van der Waals surface area (Å²) in [4.78, 5) is 19.1. The van der Waals surface area contributed by atoms with Crippen molar-refractivity contribution >= 4 is 22.1 Å². The number of carboxylic acids is 1. The molecule has 3 unspecified atom stereocenters. The van der Waals surface area contributed by atoms with Crippen LogP contribution in [0, 0.1) is 0 Å². The quantitative estimate of drug-likeness (QED) is 0.557. The molecule has 4 N–H and O–H groups in total. The number of carboxylic acid groups (broad SMARTS) is 1. The first-order valence-electron chi connectivity index (χ1n) is 3.18. The van der Waals surface area contributed by atoms with Crippen molar-refractivity contribution in [3.05, 3.63) is 0 Å². The fourth-order valence-electron chi connectivity index (χ4n) is 0.505. The van der Waals surface area contributed by atoms with Gasteiger partial charge >= 0.3 is 5.97 Å². The van der Waals surface area contributed by atoms with Crippen molar-refractivity contribution in [1.29, 1.82) is 0 Å². The second-order valence-corrected chi connectivity index (χ2v) is 6.92. The summed E-state index contributed by atoms with van der Waals surface area (Å²) in [5.74, 6) is -0.965. The fraction of sp³-hybridized carbons (Fsp3) is 0.800. The molecular formula is C5H13NO3P2. The average molecular weight is 197 g/mol. The Hall–Kier alpha value is 0.250. The molecule has 0 aliphatic rings. The van der Waals surface area contributed by atoms with Gasteiger partial charge in [-0.3, -0.25) is 4.79 Å². The summed E-state index contributed by atoms with van der Waals surface area (Å²) in [6.45, 7) is 1.75. The number of hydrogen-bond acceptors (Lipinski definition) is 3. The normalized spacial score (nSPS) is 17.0. The summed E-state index contributed by atoms with van der Waals surface area (Å²) in [5.41, 5.74) is 5.23. The van der Waals surface area contributed by atoms with Crippen molar-refractivity contribution in [1.82, 2.24) is 0 Å². The molecule has 0 bridgehead atoms. The van der Waals surface area contributed by atoms with Crippen LogP contribution in [0.1, 0.15) is 6.42 Å². The fourth-order valence-corrected chi connectivity index (χ4v) is 2.63. The number of rotatable bonds is 5. The molecule has 66 valence electrons. The highest BCUT2D eigenvalue weighted by Crippen LogP contribution is 2.48. The minimum absolute atomic E-state index is 0.451. The summed E-state index contributed by atoms with van der Waals surface area (Å²) >= 11 is 0. The summed E-state index contributed by atoms with van der Waals surface area (Å²) in [5, 5.41) is 8.37. The minimum atomic E-state index is -0.965. The van der Waals surface area contributed by atoms with Crippen LogP contribution in [0.5, 0.6) is 0 Å². The molecule has 0 radical (unpaired) electrons. The van der Waals surface area contributed by atoms with E-state index in [1.807, 2.05) is 0 Å². The van der Waals surface area contributed by atoms with Gasteiger partial charge in [-0.25, -0.2) is 0 Å². The van der Waals surface area contributed by atoms with Crippen LogP contribution in [0.2, 0.25) is 0 Å². The zero-order valence-corrected chi connectivity index (χ0v) is 8.21. The van der Waals surface area contributed by atoms with E-state index in [0.717, 1.165) is 0 Å². The summed E-state index contributed by atoms with van der Waals surface area (Å²) in [7, 11) is -0.420. The van der Waals surface area contributed by atoms with Gasteiger partial charge in [0.1, 0.15) is 6.04 Å². The number of nitrogens with two attached hydrogens (primary N) is 1. The molecule has 0 aliphatic heterocycles. The zero-order valence-electron chi connectivity index (χ0n) is 6.32. The first-order valence-corrected chi connectivity index (χ1v) is 6.97. The third-order valence-electron chi connectivity index (χ3n) is 1.11. The van der Waals surface area contributed by atoms with Crippen molar-refractivity contribution < 1.29 is 14.8 Å². The van der Waals surface area contributed by atoms with Crippen molar-refractivity contribution in [2.75, 3.05) is 12.8 Å². The molecule has 6 heteroatoms. The first-order chi connectivity index (χ1) is 5.04. The predicted molar refractivity (Wildman–Crippen MR) is 48.5 cm³/mol. The maximum absolute atomic E-state index is 10.2. The zero-order chi connectivity index (χ0) is 8.85. The Bertz CT molecular complexity index is 131. The van der Waals surface area contributed by atoms with Crippen LogP contribution in [0.25, 0.3) is 0 Å². The van der Waals surface area contributed by atoms with Gasteiger partial charge < -0.3 is 15.7 Å². The number of aliphatic carboxylic acids is 1. The third kappa shape index (κ3) is 6.64. The van der Waals surface area contributed by atoms with Gasteiger partial charge in [-0.15, -0.1) is 0 Å². The lowest BCUT2D eigenvalue weighted by Crippen LogP contribution is -2.30. The lowest BCUT2D eigenvalue weighted by molar-refractivity contribution is -0.138. The highest BCUT2D eigenvalue weighted by Gasteiger charge is 2.10. The molecule has 0 aromatic heterocycles. The highest BCUT2D eigenvalue weighted by molar-refractivity contribution is 8.18. The Kier molecular flexibility index (Phi) is 5.98. The smallest absolute Gasteiger partial charge is 0.320 e. The van der Waals surface area contributed by atoms with Crippen molar-refractivity contribution in [3.63, 3.8) is 0 Å². The largest absolute Gasteiger partial charge is 0.480 e. The van der Waals surface area contributed by atoms with E-state index < -0.39 is 19.8 Å². The van der Waals surface area contributed by atoms with Crippen molar-refractivity contribution in [2.45, 2.75) is 12.5 Å². The van der Waals surface area contributed by atoms with Crippen LogP contribution in [0.15, 0.2) is 0 Å². The van der Waals surface area contributed by atoms with Gasteiger partial charge in [0.2, 0.25) is 0 Å². The molecule has 11 heavy (non-hydrogen) atoms. The molecule has 0 spiro atoms. The molecule has 0 aliphatic carbocycles. The molecule has 3 atom stereocenters.